The molecule has 1 fully saturated rings. The molecule has 2 heterocycles. The van der Waals surface area contributed by atoms with Crippen LogP contribution in [0.4, 0.5) is 14.5 Å². The number of hydrogen-bond acceptors (Lipinski definition) is 4. The number of amides is 1. The van der Waals surface area contributed by atoms with E-state index in [1.165, 1.54) is 19.9 Å². The first kappa shape index (κ1) is 17.1. The number of rotatable bonds is 1. The van der Waals surface area contributed by atoms with E-state index in [1.807, 2.05) is 0 Å². The molecule has 0 saturated carbocycles. The van der Waals surface area contributed by atoms with Crippen LogP contribution in [0, 0.1) is 12.3 Å². The van der Waals surface area contributed by atoms with E-state index in [2.05, 4.69) is 10.0 Å². The Bertz CT molecular complexity index is 792. The van der Waals surface area contributed by atoms with Crippen LogP contribution in [-0.2, 0) is 14.8 Å². The summed E-state index contributed by atoms with van der Waals surface area (Å²) in [6.45, 7) is 3.70. The van der Waals surface area contributed by atoms with Gasteiger partial charge in [0.2, 0.25) is 10.0 Å². The van der Waals surface area contributed by atoms with E-state index in [-0.39, 0.29) is 17.1 Å². The second kappa shape index (κ2) is 5.13. The highest BCUT2D eigenvalue weighted by atomic mass is 32.2. The molecule has 6 nitrogen and oxygen atoms in total. The molecule has 1 saturated heterocycles. The standard InChI is InChI=1S/C15H19F2N3O3S/c1-9-4-5-11-10(6-9)18-12(19-24(11,22)23)13(21)20-7-14(2,3)15(16,17)8-20/h4-6,12,18-19H,7-8H2,1-3H3. The number of fused-ring (bicyclic) bond motifs is 1. The van der Waals surface area contributed by atoms with Crippen molar-refractivity contribution in [3.05, 3.63) is 23.8 Å². The van der Waals surface area contributed by atoms with Crippen molar-refractivity contribution < 1.29 is 22.0 Å². The van der Waals surface area contributed by atoms with E-state index in [1.54, 1.807) is 19.1 Å². The molecule has 2 aliphatic rings. The van der Waals surface area contributed by atoms with E-state index < -0.39 is 40.0 Å². The maximum atomic E-state index is 14.0. The van der Waals surface area contributed by atoms with Gasteiger partial charge in [-0.2, -0.15) is 4.72 Å². The fourth-order valence-corrected chi connectivity index (χ4v) is 4.20. The Labute approximate surface area is 139 Å². The number of nitrogens with one attached hydrogen (secondary N) is 2. The molecule has 2 N–H and O–H groups in total. The normalized spacial score (nSPS) is 26.5. The summed E-state index contributed by atoms with van der Waals surface area (Å²) >= 11 is 0. The van der Waals surface area contributed by atoms with E-state index in [0.717, 1.165) is 10.5 Å². The van der Waals surface area contributed by atoms with Crippen LogP contribution in [0.3, 0.4) is 0 Å². The maximum absolute atomic E-state index is 14.0. The highest BCUT2D eigenvalue weighted by Gasteiger charge is 2.56. The predicted molar refractivity (Wildman–Crippen MR) is 84.2 cm³/mol. The molecule has 9 heteroatoms. The molecule has 0 spiro atoms. The Kier molecular flexibility index (Phi) is 3.65. The highest BCUT2D eigenvalue weighted by Crippen LogP contribution is 2.43. The summed E-state index contributed by atoms with van der Waals surface area (Å²) < 4.78 is 54.8. The molecule has 1 aromatic carbocycles. The highest BCUT2D eigenvalue weighted by molar-refractivity contribution is 7.89. The third kappa shape index (κ3) is 2.65. The minimum Gasteiger partial charge on any atom is -0.360 e. The average molecular weight is 359 g/mol. The second-order valence-electron chi connectivity index (χ2n) is 6.98. The van der Waals surface area contributed by atoms with Crippen LogP contribution in [-0.4, -0.2) is 44.4 Å². The number of sulfonamides is 1. The molecule has 0 aromatic heterocycles. The molecule has 2 aliphatic heterocycles. The molecule has 24 heavy (non-hydrogen) atoms. The zero-order valence-corrected chi connectivity index (χ0v) is 14.4. The van der Waals surface area contributed by atoms with Crippen LogP contribution in [0.1, 0.15) is 19.4 Å². The average Bonchev–Trinajstić information content (AvgIpc) is 2.65. The summed E-state index contributed by atoms with van der Waals surface area (Å²) in [4.78, 5) is 13.6. The number of aryl methyl sites for hydroxylation is 1. The summed E-state index contributed by atoms with van der Waals surface area (Å²) in [5.74, 6) is -3.74. The lowest BCUT2D eigenvalue weighted by atomic mass is 9.89. The van der Waals surface area contributed by atoms with Crippen LogP contribution in [0.2, 0.25) is 0 Å². The summed E-state index contributed by atoms with van der Waals surface area (Å²) in [6.07, 6.45) is -1.30. The summed E-state index contributed by atoms with van der Waals surface area (Å²) in [6, 6.07) is 4.69. The Hall–Kier alpha value is -1.74. The molecule has 3 rings (SSSR count). The molecule has 1 unspecified atom stereocenters. The molecule has 132 valence electrons. The van der Waals surface area contributed by atoms with Gasteiger partial charge in [0.15, 0.2) is 6.17 Å². The molecule has 1 atom stereocenters. The number of carbonyl (C=O) groups excluding carboxylic acids is 1. The minimum atomic E-state index is -3.89. The van der Waals surface area contributed by atoms with E-state index >= 15 is 0 Å². The van der Waals surface area contributed by atoms with Gasteiger partial charge in [-0.15, -0.1) is 0 Å². The van der Waals surface area contributed by atoms with Crippen molar-refractivity contribution in [1.82, 2.24) is 9.62 Å². The van der Waals surface area contributed by atoms with Crippen molar-refractivity contribution in [2.45, 2.75) is 37.8 Å². The topological polar surface area (TPSA) is 78.5 Å². The van der Waals surface area contributed by atoms with Crippen LogP contribution >= 0.6 is 0 Å². The van der Waals surface area contributed by atoms with Gasteiger partial charge in [0.05, 0.1) is 12.2 Å². The summed E-state index contributed by atoms with van der Waals surface area (Å²) in [5, 5.41) is 2.80. The van der Waals surface area contributed by atoms with Gasteiger partial charge in [0.25, 0.3) is 11.8 Å². The van der Waals surface area contributed by atoms with Crippen LogP contribution in [0.5, 0.6) is 0 Å². The second-order valence-corrected chi connectivity index (χ2v) is 8.66. The van der Waals surface area contributed by atoms with E-state index in [0.29, 0.717) is 0 Å². The van der Waals surface area contributed by atoms with Crippen molar-refractivity contribution in [1.29, 1.82) is 0 Å². The molecular formula is C15H19F2N3O3S. The lowest BCUT2D eigenvalue weighted by Gasteiger charge is -2.30. The van der Waals surface area contributed by atoms with Gasteiger partial charge in [-0.05, 0) is 24.6 Å². The van der Waals surface area contributed by atoms with Crippen molar-refractivity contribution in [3.63, 3.8) is 0 Å². The molecule has 0 aliphatic carbocycles. The first-order valence-corrected chi connectivity index (χ1v) is 8.97. The summed E-state index contributed by atoms with van der Waals surface area (Å²) in [5.41, 5.74) is -0.249. The Morgan fingerprint density at radius 1 is 1.29 bits per heavy atom. The summed E-state index contributed by atoms with van der Waals surface area (Å²) in [7, 11) is -3.89. The fourth-order valence-electron chi connectivity index (χ4n) is 2.95. The van der Waals surface area contributed by atoms with Gasteiger partial charge < -0.3 is 10.2 Å². The van der Waals surface area contributed by atoms with Crippen LogP contribution in [0.25, 0.3) is 0 Å². The molecule has 1 amide bonds. The fraction of sp³-hybridized carbons (Fsp3) is 0.533. The molecular weight excluding hydrogens is 340 g/mol. The Morgan fingerprint density at radius 3 is 2.54 bits per heavy atom. The monoisotopic (exact) mass is 359 g/mol. The van der Waals surface area contributed by atoms with E-state index in [4.69, 9.17) is 0 Å². The lowest BCUT2D eigenvalue weighted by molar-refractivity contribution is -0.132. The van der Waals surface area contributed by atoms with Crippen molar-refractivity contribution in [3.8, 4) is 0 Å². The van der Waals surface area contributed by atoms with Crippen LogP contribution in [0.15, 0.2) is 23.1 Å². The number of alkyl halides is 2. The zero-order chi connectivity index (χ0) is 17.9. The number of hydrogen-bond donors (Lipinski definition) is 2. The number of nitrogens with zero attached hydrogens (tertiary/aromatic N) is 1. The number of anilines is 1. The third-order valence-electron chi connectivity index (χ3n) is 4.52. The largest absolute Gasteiger partial charge is 0.360 e. The van der Waals surface area contributed by atoms with Crippen molar-refractivity contribution in [2.75, 3.05) is 18.4 Å². The molecule has 0 radical (unpaired) electrons. The lowest BCUT2D eigenvalue weighted by Crippen LogP contribution is -2.54. The van der Waals surface area contributed by atoms with Gasteiger partial charge in [0.1, 0.15) is 4.90 Å². The van der Waals surface area contributed by atoms with Gasteiger partial charge in [-0.1, -0.05) is 19.9 Å². The Morgan fingerprint density at radius 2 is 1.96 bits per heavy atom. The van der Waals surface area contributed by atoms with Gasteiger partial charge >= 0.3 is 0 Å². The molecule has 1 aromatic rings. The molecule has 0 bridgehead atoms. The number of carbonyl (C=O) groups is 1. The number of halogens is 2. The number of likely N-dealkylation sites (tertiary alicyclic amines) is 1. The van der Waals surface area contributed by atoms with Crippen molar-refractivity contribution in [2.24, 2.45) is 5.41 Å². The maximum Gasteiger partial charge on any atom is 0.271 e. The minimum absolute atomic E-state index is 0.0317. The van der Waals surface area contributed by atoms with Gasteiger partial charge in [-0.25, -0.2) is 17.2 Å². The van der Waals surface area contributed by atoms with Gasteiger partial charge in [0, 0.05) is 12.0 Å². The first-order chi connectivity index (χ1) is 10.9. The van der Waals surface area contributed by atoms with E-state index in [9.17, 15) is 22.0 Å². The Balaban J connectivity index is 1.88. The quantitative estimate of drug-likeness (QED) is 0.797. The first-order valence-electron chi connectivity index (χ1n) is 7.49. The van der Waals surface area contributed by atoms with Gasteiger partial charge in [-0.3, -0.25) is 4.79 Å². The third-order valence-corrected chi connectivity index (χ3v) is 6.00. The smallest absolute Gasteiger partial charge is 0.271 e. The van der Waals surface area contributed by atoms with Crippen LogP contribution < -0.4 is 10.0 Å². The predicted octanol–water partition coefficient (Wildman–Crippen LogP) is 1.53. The van der Waals surface area contributed by atoms with Crippen molar-refractivity contribution >= 4 is 21.6 Å². The SMILES string of the molecule is Cc1ccc2c(c1)NC(C(=O)N1CC(C)(C)C(F)(F)C1)NS2(=O)=O. The number of benzene rings is 1. The zero-order valence-electron chi connectivity index (χ0n) is 13.6.